The fourth-order valence-corrected chi connectivity index (χ4v) is 0.505. The molecule has 0 aliphatic rings. The molecule has 0 rings (SSSR count). The summed E-state index contributed by atoms with van der Waals surface area (Å²) in [6, 6.07) is 0. The van der Waals surface area contributed by atoms with Crippen molar-refractivity contribution in [2.75, 3.05) is 5.88 Å². The van der Waals surface area contributed by atoms with Crippen LogP contribution in [-0.4, -0.2) is 5.88 Å². The van der Waals surface area contributed by atoms with Crippen LogP contribution in [0.15, 0.2) is 0 Å². The number of unbranched alkanes of at least 4 members (excludes halogenated alkanes) is 2. The average molecular weight is 124 g/mol. The molecule has 0 N–H and O–H groups in total. The Morgan fingerprint density at radius 1 is 1.43 bits per heavy atom. The van der Waals surface area contributed by atoms with Gasteiger partial charge >= 0.3 is 0 Å². The minimum Gasteiger partial charge on any atom is -0.244 e. The van der Waals surface area contributed by atoms with Crippen LogP contribution in [-0.2, 0) is 0 Å². The van der Waals surface area contributed by atoms with Crippen molar-refractivity contribution in [1.82, 2.24) is 0 Å². The van der Waals surface area contributed by atoms with Gasteiger partial charge in [-0.05, 0) is 19.3 Å². The summed E-state index contributed by atoms with van der Waals surface area (Å²) in [7, 11) is 0. The molecule has 0 amide bonds. The van der Waals surface area contributed by atoms with E-state index in [2.05, 4.69) is 0 Å². The van der Waals surface area contributed by atoms with Gasteiger partial charge in [0.15, 0.2) is 0 Å². The van der Waals surface area contributed by atoms with Gasteiger partial charge in [-0.25, -0.2) is 4.39 Å². The van der Waals surface area contributed by atoms with Crippen LogP contribution in [0, 0.1) is 6.67 Å². The quantitative estimate of drug-likeness (QED) is 0.398. The molecule has 0 aromatic rings. The maximum Gasteiger partial charge on any atom is 0.131 e. The fraction of sp³-hybridized carbons (Fsp3) is 0.800. The summed E-state index contributed by atoms with van der Waals surface area (Å²) in [5.41, 5.74) is 0. The van der Waals surface area contributed by atoms with E-state index in [4.69, 9.17) is 11.6 Å². The first-order chi connectivity index (χ1) is 3.41. The molecule has 0 heterocycles. The topological polar surface area (TPSA) is 0 Å². The number of hydrogen-bond acceptors (Lipinski definition) is 0. The Morgan fingerprint density at radius 2 is 2.14 bits per heavy atom. The smallest absolute Gasteiger partial charge is 0.131 e. The molecule has 0 fully saturated rings. The summed E-state index contributed by atoms with van der Waals surface area (Å²) in [4.78, 5) is 0. The molecule has 0 aromatic heterocycles. The van der Waals surface area contributed by atoms with Gasteiger partial charge in [0.25, 0.3) is 0 Å². The van der Waals surface area contributed by atoms with E-state index < -0.39 is 0 Å². The lowest BCUT2D eigenvalue weighted by atomic mass is 10.3. The van der Waals surface area contributed by atoms with Crippen molar-refractivity contribution < 1.29 is 4.39 Å². The van der Waals surface area contributed by atoms with Crippen molar-refractivity contribution in [3.8, 4) is 0 Å². The van der Waals surface area contributed by atoms with E-state index in [-0.39, 0.29) is 0 Å². The van der Waals surface area contributed by atoms with E-state index in [0.717, 1.165) is 12.8 Å². The van der Waals surface area contributed by atoms with Crippen LogP contribution in [0.2, 0.25) is 0 Å². The lowest BCUT2D eigenvalue weighted by Gasteiger charge is -1.87. The number of halogens is 2. The van der Waals surface area contributed by atoms with E-state index in [1.165, 1.54) is 0 Å². The summed E-state index contributed by atoms with van der Waals surface area (Å²) in [6.45, 7) is 0.673. The van der Waals surface area contributed by atoms with Gasteiger partial charge in [-0.15, -0.1) is 11.6 Å². The third-order valence-electron chi connectivity index (χ3n) is 0.697. The lowest BCUT2D eigenvalue weighted by Crippen LogP contribution is -1.74. The van der Waals surface area contributed by atoms with Gasteiger partial charge in [0, 0.05) is 5.88 Å². The monoisotopic (exact) mass is 123 g/mol. The molecule has 0 aliphatic heterocycles. The summed E-state index contributed by atoms with van der Waals surface area (Å²) in [6.07, 6.45) is 2.34. The van der Waals surface area contributed by atoms with Crippen LogP contribution >= 0.6 is 11.6 Å². The van der Waals surface area contributed by atoms with Crippen LogP contribution in [0.1, 0.15) is 19.3 Å². The highest BCUT2D eigenvalue weighted by Crippen LogP contribution is 1.99. The third kappa shape index (κ3) is 6.22. The SMILES string of the molecule is F[CH]CCCCCl. The maximum atomic E-state index is 11.1. The number of alkyl halides is 1. The predicted molar refractivity (Wildman–Crippen MR) is 30.0 cm³/mol. The molecule has 0 nitrogen and oxygen atoms in total. The molecular formula is C5H9ClF. The number of hydrogen-bond donors (Lipinski definition) is 0. The van der Waals surface area contributed by atoms with Crippen molar-refractivity contribution in [2.45, 2.75) is 19.3 Å². The van der Waals surface area contributed by atoms with Crippen molar-refractivity contribution in [1.29, 1.82) is 0 Å². The first-order valence-electron chi connectivity index (χ1n) is 2.39. The van der Waals surface area contributed by atoms with Crippen LogP contribution in [0.25, 0.3) is 0 Å². The molecule has 1 radical (unpaired) electrons. The molecule has 43 valence electrons. The molecule has 0 atom stereocenters. The zero-order chi connectivity index (χ0) is 5.54. The van der Waals surface area contributed by atoms with Gasteiger partial charge in [0.1, 0.15) is 6.67 Å². The predicted octanol–water partition coefficient (Wildman–Crippen LogP) is 2.53. The van der Waals surface area contributed by atoms with Crippen LogP contribution in [0.4, 0.5) is 4.39 Å². The van der Waals surface area contributed by atoms with E-state index in [0.29, 0.717) is 19.0 Å². The summed E-state index contributed by atoms with van der Waals surface area (Å²) >= 11 is 5.30. The Kier molecular flexibility index (Phi) is 6.42. The second-order valence-electron chi connectivity index (χ2n) is 1.34. The second-order valence-corrected chi connectivity index (χ2v) is 1.72. The Morgan fingerprint density at radius 3 is 2.57 bits per heavy atom. The molecule has 0 saturated heterocycles. The second kappa shape index (κ2) is 6.22. The zero-order valence-electron chi connectivity index (χ0n) is 4.16. The lowest BCUT2D eigenvalue weighted by molar-refractivity contribution is 0.558. The van der Waals surface area contributed by atoms with Crippen molar-refractivity contribution in [3.05, 3.63) is 6.67 Å². The summed E-state index contributed by atoms with van der Waals surface area (Å²) in [5.74, 6) is 0.647. The first kappa shape index (κ1) is 7.22. The minimum atomic E-state index is 0.548. The van der Waals surface area contributed by atoms with E-state index in [1.807, 2.05) is 0 Å². The minimum absolute atomic E-state index is 0.548. The van der Waals surface area contributed by atoms with Crippen LogP contribution in [0.5, 0.6) is 0 Å². The molecule has 0 bridgehead atoms. The third-order valence-corrected chi connectivity index (χ3v) is 0.964. The van der Waals surface area contributed by atoms with Gasteiger partial charge in [-0.1, -0.05) is 0 Å². The van der Waals surface area contributed by atoms with Crippen molar-refractivity contribution in [2.24, 2.45) is 0 Å². The highest BCUT2D eigenvalue weighted by molar-refractivity contribution is 6.17. The Labute approximate surface area is 48.7 Å². The molecule has 0 saturated carbocycles. The molecule has 0 spiro atoms. The molecular weight excluding hydrogens is 115 g/mol. The number of rotatable bonds is 4. The van der Waals surface area contributed by atoms with E-state index >= 15 is 0 Å². The molecule has 0 aromatic carbocycles. The molecule has 7 heavy (non-hydrogen) atoms. The Bertz CT molecular complexity index is 27.3. The zero-order valence-corrected chi connectivity index (χ0v) is 4.92. The van der Waals surface area contributed by atoms with Crippen molar-refractivity contribution >= 4 is 11.6 Å². The normalized spacial score (nSPS) is 9.43. The molecule has 0 unspecified atom stereocenters. The van der Waals surface area contributed by atoms with Crippen LogP contribution in [0.3, 0.4) is 0 Å². The standard InChI is InChI=1S/C5H9ClF/c6-4-2-1-3-5-7/h5H,1-4H2. The van der Waals surface area contributed by atoms with Gasteiger partial charge in [0.05, 0.1) is 0 Å². The Hall–Kier alpha value is 0.220. The fourth-order valence-electron chi connectivity index (χ4n) is 0.316. The molecule has 2 heteroatoms. The van der Waals surface area contributed by atoms with Gasteiger partial charge in [-0.3, -0.25) is 0 Å². The highest BCUT2D eigenvalue weighted by Gasteiger charge is 1.83. The summed E-state index contributed by atoms with van der Waals surface area (Å²) in [5, 5.41) is 0. The average Bonchev–Trinajstić information content (AvgIpc) is 1.69. The largest absolute Gasteiger partial charge is 0.244 e. The first-order valence-corrected chi connectivity index (χ1v) is 2.93. The maximum absolute atomic E-state index is 11.1. The highest BCUT2D eigenvalue weighted by atomic mass is 35.5. The molecule has 0 aliphatic carbocycles. The summed E-state index contributed by atoms with van der Waals surface area (Å²) < 4.78 is 11.1. The van der Waals surface area contributed by atoms with Crippen LogP contribution < -0.4 is 0 Å². The van der Waals surface area contributed by atoms with E-state index in [9.17, 15) is 4.39 Å². The van der Waals surface area contributed by atoms with Crippen molar-refractivity contribution in [3.63, 3.8) is 0 Å². The van der Waals surface area contributed by atoms with E-state index in [1.54, 1.807) is 0 Å². The van der Waals surface area contributed by atoms with Gasteiger partial charge in [-0.2, -0.15) is 0 Å². The van der Waals surface area contributed by atoms with Gasteiger partial charge in [0.2, 0.25) is 0 Å². The van der Waals surface area contributed by atoms with Gasteiger partial charge < -0.3 is 0 Å². The Balaban J connectivity index is 2.45.